The fraction of sp³-hybridized carbons (Fsp3) is 0.320. The normalized spacial score (nSPS) is 15.9. The summed E-state index contributed by atoms with van der Waals surface area (Å²) < 4.78 is 0. The van der Waals surface area contributed by atoms with Crippen molar-refractivity contribution in [3.05, 3.63) is 71.9 Å². The molecule has 0 saturated carbocycles. The molecule has 32 heavy (non-hydrogen) atoms. The molecule has 1 fully saturated rings. The molecule has 7 nitrogen and oxygen atoms in total. The number of carboxylic acid groups (broad SMARTS) is 1. The van der Waals surface area contributed by atoms with Gasteiger partial charge in [-0.1, -0.05) is 48.5 Å². The predicted molar refractivity (Wildman–Crippen MR) is 125 cm³/mol. The van der Waals surface area contributed by atoms with Crippen molar-refractivity contribution in [3.63, 3.8) is 0 Å². The standard InChI is InChI=1S/C25H28N4O3/c1-18-17-22(20-9-5-6-10-21(20)27-18)28-24(32)26-13-16-29-14-11-25(12-15-29,23(30)31)19-7-3-2-4-8-19/h2-10,17H,11-16H2,1H3,(H,30,31)(H2,26,27,28,32). The van der Waals surface area contributed by atoms with Gasteiger partial charge in [0.1, 0.15) is 0 Å². The highest BCUT2D eigenvalue weighted by atomic mass is 16.4. The fourth-order valence-electron chi connectivity index (χ4n) is 4.45. The predicted octanol–water partition coefficient (Wildman–Crippen LogP) is 3.78. The van der Waals surface area contributed by atoms with Gasteiger partial charge < -0.3 is 20.6 Å². The molecule has 3 N–H and O–H groups in total. The van der Waals surface area contributed by atoms with Crippen molar-refractivity contribution in [2.24, 2.45) is 0 Å². The Morgan fingerprint density at radius 3 is 2.47 bits per heavy atom. The monoisotopic (exact) mass is 432 g/mol. The summed E-state index contributed by atoms with van der Waals surface area (Å²) in [5.74, 6) is -0.763. The summed E-state index contributed by atoms with van der Waals surface area (Å²) in [7, 11) is 0. The summed E-state index contributed by atoms with van der Waals surface area (Å²) in [6, 6.07) is 18.8. The summed E-state index contributed by atoms with van der Waals surface area (Å²) in [5, 5.41) is 16.7. The Bertz CT molecular complexity index is 1110. The van der Waals surface area contributed by atoms with Gasteiger partial charge in [-0.3, -0.25) is 9.78 Å². The summed E-state index contributed by atoms with van der Waals surface area (Å²) in [6.07, 6.45) is 1.11. The number of carbonyl (C=O) groups excluding carboxylic acids is 1. The van der Waals surface area contributed by atoms with E-state index in [2.05, 4.69) is 20.5 Å². The smallest absolute Gasteiger partial charge is 0.319 e. The number of rotatable bonds is 6. The third-order valence-electron chi connectivity index (χ3n) is 6.25. The lowest BCUT2D eigenvalue weighted by Gasteiger charge is -2.39. The number of benzene rings is 2. The molecule has 0 bridgehead atoms. The number of hydrogen-bond donors (Lipinski definition) is 3. The van der Waals surface area contributed by atoms with Crippen LogP contribution in [0.4, 0.5) is 10.5 Å². The van der Waals surface area contributed by atoms with Gasteiger partial charge in [-0.2, -0.15) is 0 Å². The Kier molecular flexibility index (Phi) is 6.37. The first-order valence-corrected chi connectivity index (χ1v) is 10.9. The van der Waals surface area contributed by atoms with Crippen molar-refractivity contribution in [3.8, 4) is 0 Å². The van der Waals surface area contributed by atoms with Crippen LogP contribution in [-0.2, 0) is 10.2 Å². The van der Waals surface area contributed by atoms with E-state index in [9.17, 15) is 14.7 Å². The number of nitrogens with one attached hydrogen (secondary N) is 2. The highest BCUT2D eigenvalue weighted by Gasteiger charge is 2.42. The van der Waals surface area contributed by atoms with Gasteiger partial charge >= 0.3 is 12.0 Å². The number of anilines is 1. The van der Waals surface area contributed by atoms with Crippen LogP contribution in [0.5, 0.6) is 0 Å². The van der Waals surface area contributed by atoms with Crippen molar-refractivity contribution < 1.29 is 14.7 Å². The zero-order chi connectivity index (χ0) is 22.6. The number of para-hydroxylation sites is 1. The lowest BCUT2D eigenvalue weighted by atomic mass is 9.73. The van der Waals surface area contributed by atoms with Crippen LogP contribution in [0, 0.1) is 6.92 Å². The molecule has 0 radical (unpaired) electrons. The number of hydrogen-bond acceptors (Lipinski definition) is 4. The molecule has 1 aromatic heterocycles. The van der Waals surface area contributed by atoms with Crippen molar-refractivity contribution in [1.82, 2.24) is 15.2 Å². The van der Waals surface area contributed by atoms with Gasteiger partial charge in [0.2, 0.25) is 0 Å². The van der Waals surface area contributed by atoms with Crippen LogP contribution in [-0.4, -0.2) is 53.2 Å². The molecule has 166 valence electrons. The van der Waals surface area contributed by atoms with Crippen molar-refractivity contribution in [2.75, 3.05) is 31.5 Å². The second-order valence-corrected chi connectivity index (χ2v) is 8.30. The minimum atomic E-state index is -0.831. The first-order valence-electron chi connectivity index (χ1n) is 10.9. The first-order chi connectivity index (χ1) is 15.5. The number of carboxylic acids is 1. The van der Waals surface area contributed by atoms with Crippen LogP contribution in [0.25, 0.3) is 10.9 Å². The van der Waals surface area contributed by atoms with Crippen molar-refractivity contribution in [2.45, 2.75) is 25.2 Å². The quantitative estimate of drug-likeness (QED) is 0.551. The lowest BCUT2D eigenvalue weighted by molar-refractivity contribution is -0.146. The number of amides is 2. The molecule has 3 aromatic rings. The summed E-state index contributed by atoms with van der Waals surface area (Å²) >= 11 is 0. The van der Waals surface area contributed by atoms with E-state index in [1.807, 2.05) is 67.6 Å². The Morgan fingerprint density at radius 2 is 1.75 bits per heavy atom. The van der Waals surface area contributed by atoms with E-state index < -0.39 is 11.4 Å². The SMILES string of the molecule is Cc1cc(NC(=O)NCCN2CCC(C(=O)O)(c3ccccc3)CC2)c2ccccc2n1. The molecule has 2 amide bonds. The molecule has 4 rings (SSSR count). The van der Waals surface area contributed by atoms with Crippen LogP contribution < -0.4 is 10.6 Å². The van der Waals surface area contributed by atoms with Crippen LogP contribution in [0.2, 0.25) is 0 Å². The summed E-state index contributed by atoms with van der Waals surface area (Å²) in [6.45, 7) is 4.42. The highest BCUT2D eigenvalue weighted by molar-refractivity contribution is 6.00. The van der Waals surface area contributed by atoms with Crippen LogP contribution >= 0.6 is 0 Å². The van der Waals surface area contributed by atoms with Gasteiger partial charge in [-0.25, -0.2) is 4.79 Å². The van der Waals surface area contributed by atoms with E-state index in [4.69, 9.17) is 0 Å². The number of fused-ring (bicyclic) bond motifs is 1. The van der Waals surface area contributed by atoms with E-state index in [0.717, 1.165) is 27.8 Å². The average Bonchev–Trinajstić information content (AvgIpc) is 2.80. The minimum absolute atomic E-state index is 0.262. The molecule has 0 aliphatic carbocycles. The van der Waals surface area contributed by atoms with E-state index in [1.165, 1.54) is 0 Å². The third-order valence-corrected chi connectivity index (χ3v) is 6.25. The number of nitrogens with zero attached hydrogens (tertiary/aromatic N) is 2. The number of aliphatic carboxylic acids is 1. The number of aryl methyl sites for hydroxylation is 1. The zero-order valence-corrected chi connectivity index (χ0v) is 18.2. The van der Waals surface area contributed by atoms with E-state index >= 15 is 0 Å². The van der Waals surface area contributed by atoms with Gasteiger partial charge in [0.05, 0.1) is 16.6 Å². The highest BCUT2D eigenvalue weighted by Crippen LogP contribution is 2.35. The van der Waals surface area contributed by atoms with Crippen LogP contribution in [0.15, 0.2) is 60.7 Å². The number of urea groups is 1. The molecule has 1 aliphatic rings. The maximum Gasteiger partial charge on any atom is 0.319 e. The number of likely N-dealkylation sites (tertiary alicyclic amines) is 1. The largest absolute Gasteiger partial charge is 0.481 e. The summed E-state index contributed by atoms with van der Waals surface area (Å²) in [5.41, 5.74) is 2.45. The van der Waals surface area contributed by atoms with Crippen LogP contribution in [0.1, 0.15) is 24.1 Å². The molecular formula is C25H28N4O3. The number of piperidine rings is 1. The molecule has 7 heteroatoms. The zero-order valence-electron chi connectivity index (χ0n) is 18.2. The van der Waals surface area contributed by atoms with Gasteiger partial charge in [0, 0.05) is 24.2 Å². The van der Waals surface area contributed by atoms with Crippen molar-refractivity contribution in [1.29, 1.82) is 0 Å². The maximum atomic E-state index is 12.4. The van der Waals surface area contributed by atoms with E-state index in [-0.39, 0.29) is 6.03 Å². The van der Waals surface area contributed by atoms with Gasteiger partial charge in [-0.05, 0) is 50.6 Å². The molecule has 0 spiro atoms. The third kappa shape index (κ3) is 4.57. The molecule has 2 aromatic carbocycles. The lowest BCUT2D eigenvalue weighted by Crippen LogP contribution is -2.49. The Morgan fingerprint density at radius 1 is 1.06 bits per heavy atom. The molecule has 1 aliphatic heterocycles. The van der Waals surface area contributed by atoms with Gasteiger partial charge in [0.25, 0.3) is 0 Å². The molecule has 0 unspecified atom stereocenters. The first kappa shape index (κ1) is 21.8. The van der Waals surface area contributed by atoms with E-state index in [0.29, 0.717) is 39.0 Å². The van der Waals surface area contributed by atoms with Crippen molar-refractivity contribution >= 4 is 28.6 Å². The number of pyridine rings is 1. The second kappa shape index (κ2) is 9.36. The molecule has 0 atom stereocenters. The van der Waals surface area contributed by atoms with Gasteiger partial charge in [-0.15, -0.1) is 0 Å². The molecule has 1 saturated heterocycles. The molecular weight excluding hydrogens is 404 g/mol. The fourth-order valence-corrected chi connectivity index (χ4v) is 4.45. The Labute approximate surface area is 187 Å². The van der Waals surface area contributed by atoms with E-state index in [1.54, 1.807) is 0 Å². The topological polar surface area (TPSA) is 94.6 Å². The second-order valence-electron chi connectivity index (χ2n) is 8.30. The maximum absolute atomic E-state index is 12.4. The van der Waals surface area contributed by atoms with Crippen LogP contribution in [0.3, 0.4) is 0 Å². The molecule has 2 heterocycles. The Hall–Kier alpha value is -3.45. The van der Waals surface area contributed by atoms with Gasteiger partial charge in [0.15, 0.2) is 0 Å². The average molecular weight is 433 g/mol. The number of carbonyl (C=O) groups is 2. The number of aromatic nitrogens is 1. The minimum Gasteiger partial charge on any atom is -0.481 e. The Balaban J connectivity index is 1.30. The summed E-state index contributed by atoms with van der Waals surface area (Å²) in [4.78, 5) is 31.2.